The van der Waals surface area contributed by atoms with Crippen molar-refractivity contribution in [2.75, 3.05) is 13.1 Å². The van der Waals surface area contributed by atoms with Crippen LogP contribution in [0.4, 0.5) is 0 Å². The number of hydrogen-bond donors (Lipinski definition) is 2. The first-order valence-electron chi connectivity index (χ1n) is 7.89. The minimum absolute atomic E-state index is 0.0806. The van der Waals surface area contributed by atoms with Gasteiger partial charge in [-0.05, 0) is 13.3 Å². The minimum Gasteiger partial charge on any atom is -0.351 e. The fraction of sp³-hybridized carbons (Fsp3) is 0.438. The molecule has 0 aromatic carbocycles. The molecule has 1 atom stereocenters. The van der Waals surface area contributed by atoms with Crippen molar-refractivity contribution in [2.24, 2.45) is 0 Å². The summed E-state index contributed by atoms with van der Waals surface area (Å²) in [7, 11) is 0. The minimum atomic E-state index is -0.102. The summed E-state index contributed by atoms with van der Waals surface area (Å²) in [6.45, 7) is 5.01. The van der Waals surface area contributed by atoms with Gasteiger partial charge in [-0.1, -0.05) is 0 Å². The molecule has 0 bridgehead atoms. The zero-order valence-corrected chi connectivity index (χ0v) is 13.7. The Morgan fingerprint density at radius 2 is 2.12 bits per heavy atom. The van der Waals surface area contributed by atoms with E-state index in [-0.39, 0.29) is 17.7 Å². The summed E-state index contributed by atoms with van der Waals surface area (Å²) in [6, 6.07) is 0. The summed E-state index contributed by atoms with van der Waals surface area (Å²) in [6.07, 6.45) is 5.68. The maximum atomic E-state index is 12.5. The molecule has 2 N–H and O–H groups in total. The molecule has 0 saturated carbocycles. The van der Waals surface area contributed by atoms with Crippen LogP contribution in [0.15, 0.2) is 18.6 Å². The van der Waals surface area contributed by atoms with E-state index in [1.807, 2.05) is 6.92 Å². The van der Waals surface area contributed by atoms with Crippen LogP contribution in [0.5, 0.6) is 0 Å². The molecule has 3 heterocycles. The first-order valence-corrected chi connectivity index (χ1v) is 7.89. The first kappa shape index (κ1) is 16.1. The highest BCUT2D eigenvalue weighted by Crippen LogP contribution is 2.26. The third kappa shape index (κ3) is 3.58. The molecule has 126 valence electrons. The van der Waals surface area contributed by atoms with Gasteiger partial charge in [-0.15, -0.1) is 0 Å². The second-order valence-corrected chi connectivity index (χ2v) is 5.98. The third-order valence-corrected chi connectivity index (χ3v) is 4.04. The summed E-state index contributed by atoms with van der Waals surface area (Å²) < 4.78 is 0. The van der Waals surface area contributed by atoms with E-state index in [2.05, 4.69) is 25.3 Å². The van der Waals surface area contributed by atoms with Gasteiger partial charge in [-0.25, -0.2) is 9.97 Å². The number of aromatic nitrogens is 4. The monoisotopic (exact) mass is 328 g/mol. The Labute approximate surface area is 139 Å². The van der Waals surface area contributed by atoms with Crippen LogP contribution < -0.4 is 5.32 Å². The molecule has 24 heavy (non-hydrogen) atoms. The van der Waals surface area contributed by atoms with Crippen LogP contribution >= 0.6 is 0 Å². The number of likely N-dealkylation sites (tertiary alicyclic amines) is 1. The van der Waals surface area contributed by atoms with Crippen LogP contribution in [0.1, 0.15) is 47.0 Å². The number of hydrogen-bond acceptors (Lipinski definition) is 5. The van der Waals surface area contributed by atoms with Gasteiger partial charge in [-0.3, -0.25) is 14.6 Å². The SMILES string of the molecule is CC(=O)NCc1cnc([C@H]2CCN(C(=O)c3cnc(C)cn3)C2)[nH]1. The number of imidazole rings is 1. The molecule has 1 aliphatic heterocycles. The normalized spacial score (nSPS) is 17.1. The smallest absolute Gasteiger partial charge is 0.274 e. The first-order chi connectivity index (χ1) is 11.5. The van der Waals surface area contributed by atoms with Gasteiger partial charge in [0.15, 0.2) is 0 Å². The molecule has 8 nitrogen and oxygen atoms in total. The van der Waals surface area contributed by atoms with Crippen LogP contribution in [0.2, 0.25) is 0 Å². The summed E-state index contributed by atoms with van der Waals surface area (Å²) in [5, 5.41) is 2.73. The van der Waals surface area contributed by atoms with Crippen LogP contribution in [0.3, 0.4) is 0 Å². The van der Waals surface area contributed by atoms with E-state index in [9.17, 15) is 9.59 Å². The molecule has 0 radical (unpaired) electrons. The lowest BCUT2D eigenvalue weighted by Gasteiger charge is -2.15. The predicted octanol–water partition coefficient (Wildman–Crippen LogP) is 0.774. The summed E-state index contributed by atoms with van der Waals surface area (Å²) in [5.41, 5.74) is 2.01. The molecule has 1 saturated heterocycles. The Morgan fingerprint density at radius 3 is 2.83 bits per heavy atom. The number of aryl methyl sites for hydroxylation is 1. The molecule has 0 unspecified atom stereocenters. The lowest BCUT2D eigenvalue weighted by Crippen LogP contribution is -2.29. The molecule has 2 aromatic heterocycles. The molecule has 1 aliphatic rings. The van der Waals surface area contributed by atoms with Crippen molar-refractivity contribution in [2.45, 2.75) is 32.7 Å². The fourth-order valence-corrected chi connectivity index (χ4v) is 2.73. The van der Waals surface area contributed by atoms with Crippen LogP contribution in [-0.2, 0) is 11.3 Å². The Balaban J connectivity index is 1.61. The van der Waals surface area contributed by atoms with Gasteiger partial charge in [0.2, 0.25) is 5.91 Å². The molecular weight excluding hydrogens is 308 g/mol. The molecule has 8 heteroatoms. The van der Waals surface area contributed by atoms with Crippen molar-refractivity contribution >= 4 is 11.8 Å². The topological polar surface area (TPSA) is 104 Å². The molecular formula is C16H20N6O2. The highest BCUT2D eigenvalue weighted by atomic mass is 16.2. The van der Waals surface area contributed by atoms with Crippen LogP contribution in [-0.4, -0.2) is 49.7 Å². The van der Waals surface area contributed by atoms with Gasteiger partial charge >= 0.3 is 0 Å². The van der Waals surface area contributed by atoms with E-state index in [4.69, 9.17) is 0 Å². The number of rotatable bonds is 4. The molecule has 1 fully saturated rings. The molecule has 0 aliphatic carbocycles. The standard InChI is InChI=1S/C16H20N6O2/c1-10-5-19-14(8-17-10)16(24)22-4-3-12(9-22)15-20-7-13(21-15)6-18-11(2)23/h5,7-8,12H,3-4,6,9H2,1-2H3,(H,18,23)(H,20,21)/t12-/m0/s1. The largest absolute Gasteiger partial charge is 0.351 e. The number of H-pyrrole nitrogens is 1. The van der Waals surface area contributed by atoms with Gasteiger partial charge in [-0.2, -0.15) is 0 Å². The second kappa shape index (κ2) is 6.77. The Morgan fingerprint density at radius 1 is 1.29 bits per heavy atom. The lowest BCUT2D eigenvalue weighted by molar-refractivity contribution is -0.119. The summed E-state index contributed by atoms with van der Waals surface area (Å²) in [4.78, 5) is 41.1. The average Bonchev–Trinajstić information content (AvgIpc) is 3.22. The summed E-state index contributed by atoms with van der Waals surface area (Å²) in [5.74, 6) is 0.831. The molecule has 0 spiro atoms. The number of amides is 2. The van der Waals surface area contributed by atoms with E-state index >= 15 is 0 Å². The van der Waals surface area contributed by atoms with E-state index < -0.39 is 0 Å². The lowest BCUT2D eigenvalue weighted by atomic mass is 10.1. The van der Waals surface area contributed by atoms with Crippen LogP contribution in [0.25, 0.3) is 0 Å². The van der Waals surface area contributed by atoms with Crippen molar-refractivity contribution in [3.05, 3.63) is 41.5 Å². The van der Waals surface area contributed by atoms with Crippen molar-refractivity contribution in [3.63, 3.8) is 0 Å². The maximum Gasteiger partial charge on any atom is 0.274 e. The van der Waals surface area contributed by atoms with Crippen molar-refractivity contribution in [1.82, 2.24) is 30.2 Å². The van der Waals surface area contributed by atoms with Gasteiger partial charge in [0, 0.05) is 32.1 Å². The number of carbonyl (C=O) groups is 2. The van der Waals surface area contributed by atoms with Gasteiger partial charge in [0.1, 0.15) is 11.5 Å². The highest BCUT2D eigenvalue weighted by molar-refractivity contribution is 5.92. The van der Waals surface area contributed by atoms with Crippen LogP contribution in [0, 0.1) is 6.92 Å². The molecule has 3 rings (SSSR count). The zero-order chi connectivity index (χ0) is 17.1. The van der Waals surface area contributed by atoms with Gasteiger partial charge in [0.25, 0.3) is 5.91 Å². The third-order valence-electron chi connectivity index (χ3n) is 4.04. The van der Waals surface area contributed by atoms with Crippen molar-refractivity contribution in [1.29, 1.82) is 0 Å². The predicted molar refractivity (Wildman–Crippen MR) is 86.1 cm³/mol. The van der Waals surface area contributed by atoms with Crippen molar-refractivity contribution in [3.8, 4) is 0 Å². The van der Waals surface area contributed by atoms with E-state index in [1.165, 1.54) is 13.1 Å². The Bertz CT molecular complexity index is 739. The molecule has 2 amide bonds. The maximum absolute atomic E-state index is 12.5. The van der Waals surface area contributed by atoms with Gasteiger partial charge in [0.05, 0.1) is 30.3 Å². The quantitative estimate of drug-likeness (QED) is 0.863. The van der Waals surface area contributed by atoms with E-state index in [0.29, 0.717) is 25.3 Å². The van der Waals surface area contributed by atoms with Gasteiger partial charge < -0.3 is 15.2 Å². The van der Waals surface area contributed by atoms with E-state index in [0.717, 1.165) is 23.6 Å². The number of aromatic amines is 1. The fourth-order valence-electron chi connectivity index (χ4n) is 2.73. The number of nitrogens with zero attached hydrogens (tertiary/aromatic N) is 4. The second-order valence-electron chi connectivity index (χ2n) is 5.98. The van der Waals surface area contributed by atoms with Crippen molar-refractivity contribution < 1.29 is 9.59 Å². The van der Waals surface area contributed by atoms with E-state index in [1.54, 1.807) is 17.3 Å². The Kier molecular flexibility index (Phi) is 4.54. The summed E-state index contributed by atoms with van der Waals surface area (Å²) >= 11 is 0. The Hall–Kier alpha value is -2.77. The number of nitrogens with one attached hydrogen (secondary N) is 2. The zero-order valence-electron chi connectivity index (χ0n) is 13.7. The molecule has 2 aromatic rings. The average molecular weight is 328 g/mol. The number of carbonyl (C=O) groups excluding carboxylic acids is 2. The highest BCUT2D eigenvalue weighted by Gasteiger charge is 2.30.